The maximum atomic E-state index is 11.5. The maximum absolute atomic E-state index is 11.5. The van der Waals surface area contributed by atoms with E-state index in [-0.39, 0.29) is 23.5 Å². The van der Waals surface area contributed by atoms with Crippen LogP contribution in [0.3, 0.4) is 0 Å². The van der Waals surface area contributed by atoms with Crippen LogP contribution in [0.25, 0.3) is 0 Å². The van der Waals surface area contributed by atoms with Crippen LogP contribution in [0, 0.1) is 10.1 Å². The van der Waals surface area contributed by atoms with E-state index in [0.717, 1.165) is 6.07 Å². The largest absolute Gasteiger partial charge is 0.462 e. The first-order chi connectivity index (χ1) is 9.42. The number of thiol groups is 1. The molecular weight excluding hydrogens is 286 g/mol. The molecule has 8 heteroatoms. The highest BCUT2D eigenvalue weighted by atomic mass is 32.1. The third-order valence-corrected chi connectivity index (χ3v) is 2.98. The second-order valence-electron chi connectivity index (χ2n) is 3.95. The Bertz CT molecular complexity index is 507. The van der Waals surface area contributed by atoms with E-state index < -0.39 is 28.8 Å². The van der Waals surface area contributed by atoms with Crippen molar-refractivity contribution in [2.45, 2.75) is 19.1 Å². The molecule has 0 aromatic heterocycles. The molecule has 0 bridgehead atoms. The number of esters is 1. The van der Waals surface area contributed by atoms with Crippen LogP contribution >= 0.6 is 12.6 Å². The molecule has 0 saturated heterocycles. The fraction of sp³-hybridized carbons (Fsp3) is 0.417. The van der Waals surface area contributed by atoms with Crippen LogP contribution in [0.1, 0.15) is 28.9 Å². The van der Waals surface area contributed by atoms with Gasteiger partial charge >= 0.3 is 5.97 Å². The van der Waals surface area contributed by atoms with Gasteiger partial charge in [0.25, 0.3) is 5.69 Å². The molecule has 0 aliphatic heterocycles. The molecule has 20 heavy (non-hydrogen) atoms. The summed E-state index contributed by atoms with van der Waals surface area (Å²) in [5.41, 5.74) is -0.525. The van der Waals surface area contributed by atoms with Gasteiger partial charge in [-0.05, 0) is 19.1 Å². The summed E-state index contributed by atoms with van der Waals surface area (Å²) in [5.74, 6) is -0.746. The van der Waals surface area contributed by atoms with Crippen molar-refractivity contribution in [2.75, 3.05) is 12.4 Å². The smallest absolute Gasteiger partial charge is 0.338 e. The molecule has 7 nitrogen and oxygen atoms in total. The zero-order chi connectivity index (χ0) is 15.3. The van der Waals surface area contributed by atoms with Gasteiger partial charge in [0.15, 0.2) is 0 Å². The van der Waals surface area contributed by atoms with Gasteiger partial charge in [-0.1, -0.05) is 0 Å². The molecule has 110 valence electrons. The second-order valence-corrected chi connectivity index (χ2v) is 4.31. The Balaban J connectivity index is 3.21. The first-order valence-electron chi connectivity index (χ1n) is 5.84. The zero-order valence-electron chi connectivity index (χ0n) is 10.7. The standard InChI is InChI=1S/C12H15NO6S/c1-2-19-12(16)7-3-4-8(9(5-7)13(17)18)11(15)10(14)6-20/h3-5,10-11,14-15,20H,2,6H2,1H3. The molecule has 0 heterocycles. The number of carbonyl (C=O) groups excluding carboxylic acids is 1. The third-order valence-electron chi connectivity index (χ3n) is 2.61. The van der Waals surface area contributed by atoms with Gasteiger partial charge in [0.1, 0.15) is 6.10 Å². The van der Waals surface area contributed by atoms with Crippen LogP contribution in [-0.4, -0.2) is 39.6 Å². The minimum Gasteiger partial charge on any atom is -0.462 e. The highest BCUT2D eigenvalue weighted by Gasteiger charge is 2.27. The number of aliphatic hydroxyl groups is 2. The summed E-state index contributed by atoms with van der Waals surface area (Å²) in [7, 11) is 0. The lowest BCUT2D eigenvalue weighted by molar-refractivity contribution is -0.386. The summed E-state index contributed by atoms with van der Waals surface area (Å²) >= 11 is 3.82. The van der Waals surface area contributed by atoms with Crippen molar-refractivity contribution in [2.24, 2.45) is 0 Å². The molecule has 2 N–H and O–H groups in total. The Hall–Kier alpha value is -1.64. The van der Waals surface area contributed by atoms with Crippen LogP contribution in [0.15, 0.2) is 18.2 Å². The summed E-state index contributed by atoms with van der Waals surface area (Å²) in [6.45, 7) is 1.77. The van der Waals surface area contributed by atoms with E-state index in [9.17, 15) is 25.1 Å². The minimum atomic E-state index is -1.45. The van der Waals surface area contributed by atoms with Gasteiger partial charge in [-0.2, -0.15) is 12.6 Å². The van der Waals surface area contributed by atoms with Gasteiger partial charge in [0, 0.05) is 11.8 Å². The molecule has 0 radical (unpaired) electrons. The molecule has 2 unspecified atom stereocenters. The summed E-state index contributed by atoms with van der Waals surface area (Å²) in [6.07, 6.45) is -2.70. The molecule has 0 aliphatic carbocycles. The van der Waals surface area contributed by atoms with Crippen molar-refractivity contribution in [3.63, 3.8) is 0 Å². The molecule has 2 atom stereocenters. The molecule has 1 rings (SSSR count). The van der Waals surface area contributed by atoms with Crippen LogP contribution < -0.4 is 0 Å². The molecule has 1 aromatic carbocycles. The number of hydrogen-bond acceptors (Lipinski definition) is 7. The number of carbonyl (C=O) groups is 1. The monoisotopic (exact) mass is 301 g/mol. The van der Waals surface area contributed by atoms with Crippen molar-refractivity contribution in [1.82, 2.24) is 0 Å². The number of nitrogens with zero attached hydrogens (tertiary/aromatic N) is 1. The third kappa shape index (κ3) is 3.69. The molecule has 0 saturated carbocycles. The molecule has 0 spiro atoms. The predicted octanol–water partition coefficient (Wildman–Crippen LogP) is 1.10. The molecule has 0 fully saturated rings. The van der Waals surface area contributed by atoms with E-state index in [2.05, 4.69) is 12.6 Å². The molecular formula is C12H15NO6S. The average Bonchev–Trinajstić information content (AvgIpc) is 2.45. The SMILES string of the molecule is CCOC(=O)c1ccc(C(O)C(O)CS)c([N+](=O)[O-])c1. The van der Waals surface area contributed by atoms with Crippen LogP contribution in [-0.2, 0) is 4.74 Å². The number of nitro groups is 1. The van der Waals surface area contributed by atoms with Crippen LogP contribution in [0.2, 0.25) is 0 Å². The Morgan fingerprint density at radius 1 is 1.50 bits per heavy atom. The number of benzene rings is 1. The lowest BCUT2D eigenvalue weighted by atomic mass is 10.0. The highest BCUT2D eigenvalue weighted by molar-refractivity contribution is 7.80. The number of aliphatic hydroxyl groups excluding tert-OH is 2. The maximum Gasteiger partial charge on any atom is 0.338 e. The van der Waals surface area contributed by atoms with E-state index in [1.807, 2.05) is 0 Å². The fourth-order valence-electron chi connectivity index (χ4n) is 1.60. The van der Waals surface area contributed by atoms with E-state index in [1.54, 1.807) is 6.92 Å². The van der Waals surface area contributed by atoms with Gasteiger partial charge in [0.2, 0.25) is 0 Å². The van der Waals surface area contributed by atoms with E-state index >= 15 is 0 Å². The predicted molar refractivity (Wildman–Crippen MR) is 73.9 cm³/mol. The summed E-state index contributed by atoms with van der Waals surface area (Å²) in [4.78, 5) is 21.8. The number of nitro benzene ring substituents is 1. The topological polar surface area (TPSA) is 110 Å². The average molecular weight is 301 g/mol. The van der Waals surface area contributed by atoms with Gasteiger partial charge in [-0.3, -0.25) is 10.1 Å². The van der Waals surface area contributed by atoms with Crippen molar-refractivity contribution < 1.29 is 24.7 Å². The van der Waals surface area contributed by atoms with Crippen molar-refractivity contribution in [3.05, 3.63) is 39.4 Å². The lowest BCUT2D eigenvalue weighted by Crippen LogP contribution is -2.21. The van der Waals surface area contributed by atoms with Crippen LogP contribution in [0.4, 0.5) is 5.69 Å². The quantitative estimate of drug-likeness (QED) is 0.314. The van der Waals surface area contributed by atoms with Gasteiger partial charge < -0.3 is 14.9 Å². The first-order valence-corrected chi connectivity index (χ1v) is 6.48. The molecule has 1 aromatic rings. The van der Waals surface area contributed by atoms with Gasteiger partial charge in [-0.15, -0.1) is 0 Å². The normalized spacial score (nSPS) is 13.6. The van der Waals surface area contributed by atoms with E-state index in [4.69, 9.17) is 4.74 Å². The Labute approximate surface area is 120 Å². The van der Waals surface area contributed by atoms with Crippen molar-refractivity contribution in [3.8, 4) is 0 Å². The second kappa shape index (κ2) is 7.22. The van der Waals surface area contributed by atoms with Crippen molar-refractivity contribution >= 4 is 24.3 Å². The van der Waals surface area contributed by atoms with Gasteiger partial charge in [0.05, 0.1) is 28.8 Å². The summed E-state index contributed by atoms with van der Waals surface area (Å²) < 4.78 is 4.75. The minimum absolute atomic E-state index is 0.00913. The Morgan fingerprint density at radius 2 is 2.15 bits per heavy atom. The number of ether oxygens (including phenoxy) is 1. The fourth-order valence-corrected chi connectivity index (χ4v) is 1.80. The number of hydrogen-bond donors (Lipinski definition) is 3. The first kappa shape index (κ1) is 16.4. The summed E-state index contributed by atoms with van der Waals surface area (Å²) in [5, 5.41) is 30.4. The Kier molecular flexibility index (Phi) is 5.93. The van der Waals surface area contributed by atoms with Gasteiger partial charge in [-0.25, -0.2) is 4.79 Å². The Morgan fingerprint density at radius 3 is 2.65 bits per heavy atom. The summed E-state index contributed by atoms with van der Waals surface area (Å²) in [6, 6.07) is 3.54. The van der Waals surface area contributed by atoms with E-state index in [1.165, 1.54) is 12.1 Å². The highest BCUT2D eigenvalue weighted by Crippen LogP contribution is 2.29. The lowest BCUT2D eigenvalue weighted by Gasteiger charge is -2.16. The van der Waals surface area contributed by atoms with Crippen molar-refractivity contribution in [1.29, 1.82) is 0 Å². The van der Waals surface area contributed by atoms with E-state index in [0.29, 0.717) is 0 Å². The number of rotatable bonds is 6. The zero-order valence-corrected chi connectivity index (χ0v) is 11.6. The molecule has 0 aliphatic rings. The van der Waals surface area contributed by atoms with Crippen LogP contribution in [0.5, 0.6) is 0 Å². The molecule has 0 amide bonds.